The zero-order chi connectivity index (χ0) is 19.2. The summed E-state index contributed by atoms with van der Waals surface area (Å²) in [7, 11) is 1.63. The minimum atomic E-state index is -0.531. The molecule has 144 valence electrons. The third kappa shape index (κ3) is 6.21. The van der Waals surface area contributed by atoms with Crippen molar-refractivity contribution >= 4 is 23.6 Å². The largest absolute Gasteiger partial charge is 0.497 e. The van der Waals surface area contributed by atoms with E-state index in [2.05, 4.69) is 15.6 Å². The molecule has 1 amide bonds. The molecule has 1 fully saturated rings. The molecule has 1 aliphatic carbocycles. The number of thioether (sulfide) groups is 1. The van der Waals surface area contributed by atoms with Crippen molar-refractivity contribution in [3.8, 4) is 5.75 Å². The Bertz CT molecular complexity index is 627. The molecule has 4 N–H and O–H groups in total. The molecule has 0 spiro atoms. The molecule has 0 aliphatic heterocycles. The Balaban J connectivity index is 2.01. The molecule has 0 radical (unpaired) electrons. The highest BCUT2D eigenvalue weighted by Gasteiger charge is 2.32. The van der Waals surface area contributed by atoms with Crippen LogP contribution in [0.3, 0.4) is 0 Å². The number of nitrogens with zero attached hydrogens (tertiary/aromatic N) is 1. The molecule has 1 atom stereocenters. The number of amides is 1. The van der Waals surface area contributed by atoms with E-state index in [1.165, 1.54) is 12.8 Å². The lowest BCUT2D eigenvalue weighted by Gasteiger charge is -2.23. The van der Waals surface area contributed by atoms with Crippen LogP contribution >= 0.6 is 11.8 Å². The Morgan fingerprint density at radius 3 is 2.58 bits per heavy atom. The van der Waals surface area contributed by atoms with E-state index in [0.717, 1.165) is 29.5 Å². The summed E-state index contributed by atoms with van der Waals surface area (Å²) in [6, 6.07) is 7.61. The number of carbonyl (C=O) groups excluding carboxylic acids is 1. The molecule has 0 saturated heterocycles. The second-order valence-electron chi connectivity index (χ2n) is 6.97. The molecule has 7 heteroatoms. The molecule has 2 rings (SSSR count). The van der Waals surface area contributed by atoms with E-state index in [-0.39, 0.29) is 18.0 Å². The van der Waals surface area contributed by atoms with Crippen LogP contribution in [-0.4, -0.2) is 36.0 Å². The quantitative estimate of drug-likeness (QED) is 0.454. The van der Waals surface area contributed by atoms with Crippen LogP contribution in [0.1, 0.15) is 45.3 Å². The van der Waals surface area contributed by atoms with E-state index < -0.39 is 4.75 Å². The van der Waals surface area contributed by atoms with Gasteiger partial charge in [0.05, 0.1) is 11.9 Å². The molecule has 26 heavy (non-hydrogen) atoms. The van der Waals surface area contributed by atoms with Crippen molar-refractivity contribution in [2.45, 2.75) is 44.5 Å². The van der Waals surface area contributed by atoms with Gasteiger partial charge in [0, 0.05) is 0 Å². The van der Waals surface area contributed by atoms with Crippen LogP contribution in [0.5, 0.6) is 5.75 Å². The SMILES string of the molecule is CCNC(N=C(N)NC(=O)C(C)(C)SCC1CC1)c1ccc(OC)cc1. The van der Waals surface area contributed by atoms with Crippen molar-refractivity contribution in [3.63, 3.8) is 0 Å². The van der Waals surface area contributed by atoms with Gasteiger partial charge in [0.2, 0.25) is 5.91 Å². The summed E-state index contributed by atoms with van der Waals surface area (Å²) in [5, 5.41) is 6.01. The lowest BCUT2D eigenvalue weighted by molar-refractivity contribution is -0.121. The summed E-state index contributed by atoms with van der Waals surface area (Å²) in [6.45, 7) is 6.57. The van der Waals surface area contributed by atoms with Gasteiger partial charge in [0.25, 0.3) is 0 Å². The van der Waals surface area contributed by atoms with Crippen molar-refractivity contribution in [3.05, 3.63) is 29.8 Å². The first kappa shape index (κ1) is 20.6. The molecule has 0 bridgehead atoms. The highest BCUT2D eigenvalue weighted by Crippen LogP contribution is 2.37. The molecule has 1 saturated carbocycles. The van der Waals surface area contributed by atoms with Gasteiger partial charge in [-0.25, -0.2) is 4.99 Å². The van der Waals surface area contributed by atoms with Gasteiger partial charge < -0.3 is 10.5 Å². The van der Waals surface area contributed by atoms with E-state index in [0.29, 0.717) is 0 Å². The molecule has 1 aliphatic rings. The first-order valence-corrected chi connectivity index (χ1v) is 10.00. The number of benzene rings is 1. The first-order chi connectivity index (χ1) is 12.4. The van der Waals surface area contributed by atoms with Crippen molar-refractivity contribution in [2.75, 3.05) is 19.4 Å². The molecule has 1 unspecified atom stereocenters. The molecule has 1 aromatic carbocycles. The third-order valence-corrected chi connectivity index (χ3v) is 5.81. The number of nitrogens with two attached hydrogens (primary N) is 1. The average molecular weight is 379 g/mol. The summed E-state index contributed by atoms with van der Waals surface area (Å²) in [5.41, 5.74) is 6.96. The maximum Gasteiger partial charge on any atom is 0.242 e. The standard InChI is InChI=1S/C19H30N4O2S/c1-5-21-16(14-8-10-15(25-4)11-9-14)22-18(20)23-17(24)19(2,3)26-12-13-6-7-13/h8-11,13,16,21H,5-7,12H2,1-4H3,(H3,20,22,23,24). The number of rotatable bonds is 9. The molecular weight excluding hydrogens is 348 g/mol. The lowest BCUT2D eigenvalue weighted by atomic mass is 10.1. The Morgan fingerprint density at radius 2 is 2.04 bits per heavy atom. The zero-order valence-electron chi connectivity index (χ0n) is 16.0. The topological polar surface area (TPSA) is 88.7 Å². The van der Waals surface area contributed by atoms with Gasteiger partial charge >= 0.3 is 0 Å². The van der Waals surface area contributed by atoms with Gasteiger partial charge in [-0.2, -0.15) is 0 Å². The second kappa shape index (κ2) is 9.28. The highest BCUT2D eigenvalue weighted by molar-refractivity contribution is 8.01. The van der Waals surface area contributed by atoms with Crippen LogP contribution < -0.4 is 21.1 Å². The first-order valence-electron chi connectivity index (χ1n) is 9.01. The van der Waals surface area contributed by atoms with E-state index in [1.54, 1.807) is 18.9 Å². The maximum atomic E-state index is 12.5. The molecular formula is C19H30N4O2S. The van der Waals surface area contributed by atoms with Crippen molar-refractivity contribution in [1.82, 2.24) is 10.6 Å². The van der Waals surface area contributed by atoms with Crippen LogP contribution in [-0.2, 0) is 4.79 Å². The zero-order valence-corrected chi connectivity index (χ0v) is 16.9. The fraction of sp³-hybridized carbons (Fsp3) is 0.579. The van der Waals surface area contributed by atoms with Crippen molar-refractivity contribution < 1.29 is 9.53 Å². The number of methoxy groups -OCH3 is 1. The van der Waals surface area contributed by atoms with Gasteiger partial charge in [-0.1, -0.05) is 19.1 Å². The predicted octanol–water partition coefficient (Wildman–Crippen LogP) is 2.66. The van der Waals surface area contributed by atoms with Gasteiger partial charge in [0.1, 0.15) is 11.9 Å². The van der Waals surface area contributed by atoms with E-state index in [9.17, 15) is 4.79 Å². The van der Waals surface area contributed by atoms with Gasteiger partial charge in [-0.3, -0.25) is 15.4 Å². The maximum absolute atomic E-state index is 12.5. The Morgan fingerprint density at radius 1 is 1.38 bits per heavy atom. The minimum absolute atomic E-state index is 0.116. The summed E-state index contributed by atoms with van der Waals surface area (Å²) >= 11 is 1.68. The summed E-state index contributed by atoms with van der Waals surface area (Å²) in [6.07, 6.45) is 2.23. The summed E-state index contributed by atoms with van der Waals surface area (Å²) < 4.78 is 4.65. The highest BCUT2D eigenvalue weighted by atomic mass is 32.2. The monoisotopic (exact) mass is 378 g/mol. The summed E-state index contributed by atoms with van der Waals surface area (Å²) in [4.78, 5) is 17.0. The molecule has 0 heterocycles. The molecule has 0 aromatic heterocycles. The Kier molecular flexibility index (Phi) is 7.34. The number of hydrogen-bond donors (Lipinski definition) is 3. The van der Waals surface area contributed by atoms with E-state index in [1.807, 2.05) is 45.0 Å². The van der Waals surface area contributed by atoms with Crippen LogP contribution in [0.2, 0.25) is 0 Å². The Hall–Kier alpha value is -1.73. The van der Waals surface area contributed by atoms with Gasteiger partial charge in [0.15, 0.2) is 5.96 Å². The number of hydrogen-bond acceptors (Lipinski definition) is 5. The van der Waals surface area contributed by atoms with Crippen molar-refractivity contribution in [2.24, 2.45) is 16.6 Å². The van der Waals surface area contributed by atoms with Gasteiger partial charge in [-0.15, -0.1) is 11.8 Å². The summed E-state index contributed by atoms with van der Waals surface area (Å²) in [5.74, 6) is 2.57. The van der Waals surface area contributed by atoms with Crippen LogP contribution in [0.15, 0.2) is 29.3 Å². The van der Waals surface area contributed by atoms with E-state index in [4.69, 9.17) is 10.5 Å². The lowest BCUT2D eigenvalue weighted by Crippen LogP contribution is -2.46. The number of aliphatic imine (C=N–C) groups is 1. The van der Waals surface area contributed by atoms with Crippen LogP contribution in [0.4, 0.5) is 0 Å². The van der Waals surface area contributed by atoms with Crippen LogP contribution in [0.25, 0.3) is 0 Å². The fourth-order valence-corrected chi connectivity index (χ4v) is 3.50. The van der Waals surface area contributed by atoms with Gasteiger partial charge in [-0.05, 0) is 62.6 Å². The Labute approximate surface area is 160 Å². The number of carbonyl (C=O) groups is 1. The third-order valence-electron chi connectivity index (χ3n) is 4.26. The predicted molar refractivity (Wildman–Crippen MR) is 108 cm³/mol. The number of guanidine groups is 1. The average Bonchev–Trinajstić information content (AvgIpc) is 3.44. The number of nitrogens with one attached hydrogen (secondary N) is 2. The number of ether oxygens (including phenoxy) is 1. The molecule has 6 nitrogen and oxygen atoms in total. The minimum Gasteiger partial charge on any atom is -0.497 e. The smallest absolute Gasteiger partial charge is 0.242 e. The van der Waals surface area contributed by atoms with Crippen molar-refractivity contribution in [1.29, 1.82) is 0 Å². The molecule has 1 aromatic rings. The second-order valence-corrected chi connectivity index (χ2v) is 8.61. The normalized spacial score (nSPS) is 16.2. The van der Waals surface area contributed by atoms with Crippen LogP contribution in [0, 0.1) is 5.92 Å². The van der Waals surface area contributed by atoms with E-state index >= 15 is 0 Å². The fourth-order valence-electron chi connectivity index (χ4n) is 2.33.